The molecule has 2 heterocycles. The maximum absolute atomic E-state index is 14.1. The fourth-order valence-electron chi connectivity index (χ4n) is 3.26. The molecule has 140 valence electrons. The molecule has 2 aromatic rings. The van der Waals surface area contributed by atoms with Crippen LogP contribution in [0.3, 0.4) is 0 Å². The number of halogens is 3. The number of hydrogen-bond acceptors (Lipinski definition) is 4. The van der Waals surface area contributed by atoms with Crippen molar-refractivity contribution in [1.82, 2.24) is 4.98 Å². The highest BCUT2D eigenvalue weighted by molar-refractivity contribution is 6.36. The van der Waals surface area contributed by atoms with Crippen LogP contribution < -0.4 is 4.90 Å². The molecule has 0 N–H and O–H groups in total. The second-order valence-corrected chi connectivity index (χ2v) is 7.92. The summed E-state index contributed by atoms with van der Waals surface area (Å²) in [5.74, 6) is -1.35. The SMILES string of the molecule is Cc1c(N2CCC[C@@H]2C(=O)OC(C)(C)C)nc2cc(F)cc(F)c2c1Cl. The molecule has 0 saturated carbocycles. The fraction of sp³-hybridized carbons (Fsp3) is 0.474. The smallest absolute Gasteiger partial charge is 0.329 e. The van der Waals surface area contributed by atoms with Crippen molar-refractivity contribution in [2.24, 2.45) is 0 Å². The molecule has 1 aliphatic heterocycles. The molecule has 0 unspecified atom stereocenters. The molecular weight excluding hydrogens is 362 g/mol. The molecule has 1 fully saturated rings. The number of pyridine rings is 1. The fourth-order valence-corrected chi connectivity index (χ4v) is 3.54. The topological polar surface area (TPSA) is 42.4 Å². The number of benzene rings is 1. The summed E-state index contributed by atoms with van der Waals surface area (Å²) in [4.78, 5) is 18.8. The Bertz CT molecular complexity index is 880. The third-order valence-corrected chi connectivity index (χ3v) is 4.82. The summed E-state index contributed by atoms with van der Waals surface area (Å²) in [6.45, 7) is 7.75. The molecule has 26 heavy (non-hydrogen) atoms. The molecule has 4 nitrogen and oxygen atoms in total. The Labute approximate surface area is 156 Å². The van der Waals surface area contributed by atoms with Crippen molar-refractivity contribution in [2.45, 2.75) is 52.2 Å². The Morgan fingerprint density at radius 2 is 2.04 bits per heavy atom. The van der Waals surface area contributed by atoms with Gasteiger partial charge in [-0.15, -0.1) is 0 Å². The highest BCUT2D eigenvalue weighted by Crippen LogP contribution is 2.37. The number of fused-ring (bicyclic) bond motifs is 1. The first kappa shape index (κ1) is 18.8. The van der Waals surface area contributed by atoms with Crippen molar-refractivity contribution >= 4 is 34.3 Å². The Kier molecular flexibility index (Phi) is 4.82. The normalized spacial score (nSPS) is 17.8. The minimum absolute atomic E-state index is 0.0855. The lowest BCUT2D eigenvalue weighted by Crippen LogP contribution is -2.41. The van der Waals surface area contributed by atoms with Crippen LogP contribution in [0.5, 0.6) is 0 Å². The number of ether oxygens (including phenoxy) is 1. The first-order valence-corrected chi connectivity index (χ1v) is 8.90. The number of aromatic nitrogens is 1. The first-order chi connectivity index (χ1) is 12.1. The van der Waals surface area contributed by atoms with Crippen LogP contribution in [0.25, 0.3) is 10.9 Å². The van der Waals surface area contributed by atoms with E-state index in [0.29, 0.717) is 24.3 Å². The summed E-state index contributed by atoms with van der Waals surface area (Å²) >= 11 is 6.36. The molecule has 1 saturated heterocycles. The van der Waals surface area contributed by atoms with Gasteiger partial charge in [0.25, 0.3) is 0 Å². The minimum atomic E-state index is -0.753. The van der Waals surface area contributed by atoms with Crippen molar-refractivity contribution < 1.29 is 18.3 Å². The lowest BCUT2D eigenvalue weighted by molar-refractivity contribution is -0.156. The van der Waals surface area contributed by atoms with E-state index in [0.717, 1.165) is 18.6 Å². The van der Waals surface area contributed by atoms with E-state index in [2.05, 4.69) is 4.98 Å². The monoisotopic (exact) mass is 382 g/mol. The van der Waals surface area contributed by atoms with Crippen LogP contribution in [0.4, 0.5) is 14.6 Å². The van der Waals surface area contributed by atoms with Crippen LogP contribution in [-0.4, -0.2) is 29.1 Å². The van der Waals surface area contributed by atoms with E-state index in [1.54, 1.807) is 6.92 Å². The van der Waals surface area contributed by atoms with Gasteiger partial charge in [-0.05, 0) is 40.5 Å². The number of nitrogens with zero attached hydrogens (tertiary/aromatic N) is 2. The quantitative estimate of drug-likeness (QED) is 0.701. The van der Waals surface area contributed by atoms with Crippen molar-refractivity contribution in [1.29, 1.82) is 0 Å². The van der Waals surface area contributed by atoms with Crippen LogP contribution in [0.1, 0.15) is 39.2 Å². The van der Waals surface area contributed by atoms with Crippen LogP contribution >= 0.6 is 11.6 Å². The second kappa shape index (κ2) is 6.65. The summed E-state index contributed by atoms with van der Waals surface area (Å²) in [5, 5.41) is 0.264. The molecule has 7 heteroatoms. The third-order valence-electron chi connectivity index (χ3n) is 4.35. The van der Waals surface area contributed by atoms with Crippen molar-refractivity contribution in [3.63, 3.8) is 0 Å². The largest absolute Gasteiger partial charge is 0.458 e. The summed E-state index contributed by atoms with van der Waals surface area (Å²) in [6, 6.07) is 1.44. The highest BCUT2D eigenvalue weighted by atomic mass is 35.5. The third kappa shape index (κ3) is 3.47. The van der Waals surface area contributed by atoms with Gasteiger partial charge in [0, 0.05) is 24.2 Å². The number of hydrogen-bond donors (Lipinski definition) is 0. The number of rotatable bonds is 2. The van der Waals surface area contributed by atoms with Gasteiger partial charge in [-0.2, -0.15) is 0 Å². The van der Waals surface area contributed by atoms with Gasteiger partial charge in [0.2, 0.25) is 0 Å². The number of anilines is 1. The van der Waals surface area contributed by atoms with E-state index in [1.165, 1.54) is 0 Å². The van der Waals surface area contributed by atoms with Gasteiger partial charge in [0.05, 0.1) is 15.9 Å². The lowest BCUT2D eigenvalue weighted by atomic mass is 10.1. The standard InChI is InChI=1S/C19H21ClF2N2O2/c1-10-16(20)15-12(22)8-11(21)9-13(15)23-17(10)24-7-5-6-14(24)18(25)26-19(2,3)4/h8-9,14H,5-7H2,1-4H3/t14-/m1/s1. The van der Waals surface area contributed by atoms with E-state index in [1.807, 2.05) is 25.7 Å². The zero-order chi connectivity index (χ0) is 19.2. The van der Waals surface area contributed by atoms with Gasteiger partial charge >= 0.3 is 5.97 Å². The Hall–Kier alpha value is -1.95. The first-order valence-electron chi connectivity index (χ1n) is 8.53. The average molecular weight is 383 g/mol. The minimum Gasteiger partial charge on any atom is -0.458 e. The molecular formula is C19H21ClF2N2O2. The number of carbonyl (C=O) groups is 1. The molecule has 0 spiro atoms. The van der Waals surface area contributed by atoms with Crippen molar-refractivity contribution in [3.05, 3.63) is 34.4 Å². The lowest BCUT2D eigenvalue weighted by Gasteiger charge is -2.29. The summed E-state index contributed by atoms with van der Waals surface area (Å²) in [5.41, 5.74) is 0.0873. The summed E-state index contributed by atoms with van der Waals surface area (Å²) in [7, 11) is 0. The van der Waals surface area contributed by atoms with E-state index in [9.17, 15) is 13.6 Å². The molecule has 1 aromatic carbocycles. The van der Waals surface area contributed by atoms with E-state index in [-0.39, 0.29) is 21.9 Å². The summed E-state index contributed by atoms with van der Waals surface area (Å²) in [6.07, 6.45) is 1.42. The molecule has 0 radical (unpaired) electrons. The predicted octanol–water partition coefficient (Wildman–Crippen LogP) is 4.79. The van der Waals surface area contributed by atoms with Gasteiger partial charge in [0.15, 0.2) is 0 Å². The van der Waals surface area contributed by atoms with Gasteiger partial charge in [-0.1, -0.05) is 11.6 Å². The maximum atomic E-state index is 14.1. The Morgan fingerprint density at radius 1 is 1.35 bits per heavy atom. The predicted molar refractivity (Wildman–Crippen MR) is 97.6 cm³/mol. The molecule has 0 aliphatic carbocycles. The zero-order valence-electron chi connectivity index (χ0n) is 15.2. The van der Waals surface area contributed by atoms with Crippen molar-refractivity contribution in [2.75, 3.05) is 11.4 Å². The zero-order valence-corrected chi connectivity index (χ0v) is 16.0. The van der Waals surface area contributed by atoms with E-state index >= 15 is 0 Å². The second-order valence-electron chi connectivity index (χ2n) is 7.54. The van der Waals surface area contributed by atoms with E-state index in [4.69, 9.17) is 16.3 Å². The maximum Gasteiger partial charge on any atom is 0.329 e. The van der Waals surface area contributed by atoms with Gasteiger partial charge in [-0.3, -0.25) is 0 Å². The molecule has 1 atom stereocenters. The van der Waals surface area contributed by atoms with Crippen LogP contribution in [-0.2, 0) is 9.53 Å². The van der Waals surface area contributed by atoms with Gasteiger partial charge in [0.1, 0.15) is 29.1 Å². The average Bonchev–Trinajstić information content (AvgIpc) is 2.97. The van der Waals surface area contributed by atoms with E-state index < -0.39 is 23.3 Å². The molecule has 0 bridgehead atoms. The Morgan fingerprint density at radius 3 is 2.69 bits per heavy atom. The van der Waals surface area contributed by atoms with Gasteiger partial charge < -0.3 is 9.64 Å². The van der Waals surface area contributed by atoms with Crippen LogP contribution in [0.15, 0.2) is 12.1 Å². The Balaban J connectivity index is 2.07. The molecule has 0 amide bonds. The number of esters is 1. The highest BCUT2D eigenvalue weighted by Gasteiger charge is 2.36. The molecule has 1 aliphatic rings. The number of carbonyl (C=O) groups excluding carboxylic acids is 1. The van der Waals surface area contributed by atoms with Crippen LogP contribution in [0.2, 0.25) is 5.02 Å². The molecule has 1 aromatic heterocycles. The van der Waals surface area contributed by atoms with Gasteiger partial charge in [-0.25, -0.2) is 18.6 Å². The summed E-state index contributed by atoms with van der Waals surface area (Å²) < 4.78 is 33.3. The molecule has 3 rings (SSSR count). The van der Waals surface area contributed by atoms with Crippen molar-refractivity contribution in [3.8, 4) is 0 Å². The van der Waals surface area contributed by atoms with Crippen LogP contribution in [0, 0.1) is 18.6 Å².